The Kier molecular flexibility index (Phi) is 3.69. The molecule has 3 nitrogen and oxygen atoms in total. The van der Waals surface area contributed by atoms with E-state index in [0.717, 1.165) is 22.4 Å². The second-order valence-corrected chi connectivity index (χ2v) is 4.87. The summed E-state index contributed by atoms with van der Waals surface area (Å²) in [4.78, 5) is 0. The average Bonchev–Trinajstić information content (AvgIpc) is 3.09. The van der Waals surface area contributed by atoms with Gasteiger partial charge in [0, 0.05) is 12.6 Å². The molecule has 94 valence electrons. The van der Waals surface area contributed by atoms with Crippen LogP contribution in [-0.4, -0.2) is 24.8 Å². The molecule has 1 aromatic carbocycles. The molecule has 1 unspecified atom stereocenters. The fraction of sp³-hybridized carbons (Fsp3) is 0.571. The highest BCUT2D eigenvalue weighted by Gasteiger charge is 2.22. The van der Waals surface area contributed by atoms with Gasteiger partial charge in [-0.2, -0.15) is 0 Å². The fourth-order valence-corrected chi connectivity index (χ4v) is 2.25. The summed E-state index contributed by atoms with van der Waals surface area (Å²) in [5.41, 5.74) is 3.21. The largest absolute Gasteiger partial charge is 0.497 e. The minimum atomic E-state index is -0.429. The van der Waals surface area contributed by atoms with E-state index in [9.17, 15) is 5.11 Å². The molecule has 0 amide bonds. The summed E-state index contributed by atoms with van der Waals surface area (Å²) in [6, 6.07) is 4.58. The Morgan fingerprint density at radius 3 is 2.41 bits per heavy atom. The van der Waals surface area contributed by atoms with Crippen molar-refractivity contribution in [2.45, 2.75) is 38.8 Å². The maximum absolute atomic E-state index is 10.2. The van der Waals surface area contributed by atoms with Crippen LogP contribution >= 0.6 is 0 Å². The molecule has 0 heterocycles. The van der Waals surface area contributed by atoms with E-state index in [4.69, 9.17) is 4.74 Å². The second kappa shape index (κ2) is 5.07. The molecule has 2 rings (SSSR count). The number of ether oxygens (including phenoxy) is 1. The van der Waals surface area contributed by atoms with Gasteiger partial charge in [0.05, 0.1) is 13.2 Å². The van der Waals surface area contributed by atoms with Gasteiger partial charge >= 0.3 is 0 Å². The van der Waals surface area contributed by atoms with Crippen LogP contribution < -0.4 is 10.1 Å². The van der Waals surface area contributed by atoms with Gasteiger partial charge in [0.25, 0.3) is 0 Å². The van der Waals surface area contributed by atoms with Crippen molar-refractivity contribution in [2.75, 3.05) is 13.7 Å². The van der Waals surface area contributed by atoms with Crippen molar-refractivity contribution >= 4 is 0 Å². The first kappa shape index (κ1) is 12.4. The number of rotatable bonds is 5. The lowest BCUT2D eigenvalue weighted by Crippen LogP contribution is -2.24. The van der Waals surface area contributed by atoms with Gasteiger partial charge in [0.2, 0.25) is 0 Å². The fourth-order valence-electron chi connectivity index (χ4n) is 2.25. The molecule has 1 aromatic rings. The molecular formula is C14H21NO2. The summed E-state index contributed by atoms with van der Waals surface area (Å²) in [5, 5.41) is 13.6. The third kappa shape index (κ3) is 2.99. The number of nitrogens with one attached hydrogen (secondary N) is 1. The zero-order valence-corrected chi connectivity index (χ0v) is 10.8. The number of methoxy groups -OCH3 is 1. The first-order valence-electron chi connectivity index (χ1n) is 6.18. The van der Waals surface area contributed by atoms with Crippen molar-refractivity contribution in [3.8, 4) is 5.75 Å². The monoisotopic (exact) mass is 235 g/mol. The molecule has 0 bridgehead atoms. The van der Waals surface area contributed by atoms with E-state index in [2.05, 4.69) is 5.32 Å². The Morgan fingerprint density at radius 1 is 1.35 bits per heavy atom. The summed E-state index contributed by atoms with van der Waals surface area (Å²) in [6.45, 7) is 4.68. The number of aliphatic hydroxyl groups is 1. The van der Waals surface area contributed by atoms with E-state index < -0.39 is 6.10 Å². The van der Waals surface area contributed by atoms with Crippen LogP contribution in [0.15, 0.2) is 12.1 Å². The highest BCUT2D eigenvalue weighted by molar-refractivity contribution is 5.42. The summed E-state index contributed by atoms with van der Waals surface area (Å²) < 4.78 is 5.22. The zero-order chi connectivity index (χ0) is 12.4. The van der Waals surface area contributed by atoms with Crippen LogP contribution in [0.3, 0.4) is 0 Å². The van der Waals surface area contributed by atoms with Crippen molar-refractivity contribution in [3.05, 3.63) is 28.8 Å². The maximum Gasteiger partial charge on any atom is 0.119 e. The lowest BCUT2D eigenvalue weighted by atomic mass is 9.97. The highest BCUT2D eigenvalue weighted by Crippen LogP contribution is 2.27. The Labute approximate surface area is 103 Å². The minimum absolute atomic E-state index is 0.429. The molecule has 1 saturated carbocycles. The summed E-state index contributed by atoms with van der Waals surface area (Å²) in [5.74, 6) is 0.853. The van der Waals surface area contributed by atoms with E-state index in [1.54, 1.807) is 7.11 Å². The van der Waals surface area contributed by atoms with Gasteiger partial charge in [-0.3, -0.25) is 0 Å². The van der Waals surface area contributed by atoms with E-state index in [1.807, 2.05) is 26.0 Å². The molecule has 1 fully saturated rings. The molecular weight excluding hydrogens is 214 g/mol. The minimum Gasteiger partial charge on any atom is -0.497 e. The van der Waals surface area contributed by atoms with E-state index in [-0.39, 0.29) is 0 Å². The Morgan fingerprint density at radius 2 is 1.94 bits per heavy atom. The van der Waals surface area contributed by atoms with Crippen LogP contribution in [-0.2, 0) is 0 Å². The molecule has 0 aromatic heterocycles. The van der Waals surface area contributed by atoms with Crippen LogP contribution in [0.5, 0.6) is 5.75 Å². The Bertz CT molecular complexity index is 376. The SMILES string of the molecule is COc1cc(C)c(C(O)CNC2CC2)c(C)c1. The van der Waals surface area contributed by atoms with Gasteiger partial charge in [-0.25, -0.2) is 0 Å². The molecule has 0 saturated heterocycles. The van der Waals surface area contributed by atoms with Crippen molar-refractivity contribution in [1.82, 2.24) is 5.32 Å². The van der Waals surface area contributed by atoms with Crippen molar-refractivity contribution < 1.29 is 9.84 Å². The molecule has 1 aliphatic rings. The molecule has 0 aliphatic heterocycles. The zero-order valence-electron chi connectivity index (χ0n) is 10.8. The number of aliphatic hydroxyl groups excluding tert-OH is 1. The van der Waals surface area contributed by atoms with Crippen molar-refractivity contribution in [1.29, 1.82) is 0 Å². The first-order valence-corrected chi connectivity index (χ1v) is 6.18. The van der Waals surface area contributed by atoms with E-state index in [1.165, 1.54) is 12.8 Å². The average molecular weight is 235 g/mol. The first-order chi connectivity index (χ1) is 8.11. The smallest absolute Gasteiger partial charge is 0.119 e. The highest BCUT2D eigenvalue weighted by atomic mass is 16.5. The van der Waals surface area contributed by atoms with Gasteiger partial charge in [-0.05, 0) is 55.5 Å². The third-order valence-corrected chi connectivity index (χ3v) is 3.31. The number of aryl methyl sites for hydroxylation is 2. The van der Waals surface area contributed by atoms with Crippen molar-refractivity contribution in [3.63, 3.8) is 0 Å². The van der Waals surface area contributed by atoms with E-state index >= 15 is 0 Å². The molecule has 3 heteroatoms. The predicted octanol–water partition coefficient (Wildman–Crippen LogP) is 2.10. The van der Waals surface area contributed by atoms with E-state index in [0.29, 0.717) is 12.6 Å². The lowest BCUT2D eigenvalue weighted by molar-refractivity contribution is 0.172. The van der Waals surface area contributed by atoms with Gasteiger partial charge < -0.3 is 15.2 Å². The van der Waals surface area contributed by atoms with Crippen LogP contribution in [0, 0.1) is 13.8 Å². The number of hydrogen-bond acceptors (Lipinski definition) is 3. The van der Waals surface area contributed by atoms with Crippen LogP contribution in [0.2, 0.25) is 0 Å². The van der Waals surface area contributed by atoms with Crippen LogP contribution in [0.4, 0.5) is 0 Å². The molecule has 2 N–H and O–H groups in total. The summed E-state index contributed by atoms with van der Waals surface area (Å²) >= 11 is 0. The molecule has 1 aliphatic carbocycles. The molecule has 17 heavy (non-hydrogen) atoms. The van der Waals surface area contributed by atoms with Gasteiger partial charge in [0.15, 0.2) is 0 Å². The molecule has 0 radical (unpaired) electrons. The quantitative estimate of drug-likeness (QED) is 0.821. The number of hydrogen-bond donors (Lipinski definition) is 2. The third-order valence-electron chi connectivity index (χ3n) is 3.31. The second-order valence-electron chi connectivity index (χ2n) is 4.87. The lowest BCUT2D eigenvalue weighted by Gasteiger charge is -2.18. The van der Waals surface area contributed by atoms with Crippen molar-refractivity contribution in [2.24, 2.45) is 0 Å². The normalized spacial score (nSPS) is 16.9. The van der Waals surface area contributed by atoms with Gasteiger partial charge in [0.1, 0.15) is 5.75 Å². The summed E-state index contributed by atoms with van der Waals surface area (Å²) in [6.07, 6.45) is 2.06. The Balaban J connectivity index is 2.12. The molecule has 0 spiro atoms. The van der Waals surface area contributed by atoms with Crippen LogP contribution in [0.1, 0.15) is 35.6 Å². The van der Waals surface area contributed by atoms with Gasteiger partial charge in [-0.15, -0.1) is 0 Å². The summed E-state index contributed by atoms with van der Waals surface area (Å²) in [7, 11) is 1.67. The molecule has 1 atom stereocenters. The Hall–Kier alpha value is -1.06. The predicted molar refractivity (Wildman–Crippen MR) is 68.5 cm³/mol. The topological polar surface area (TPSA) is 41.5 Å². The van der Waals surface area contributed by atoms with Crippen LogP contribution in [0.25, 0.3) is 0 Å². The maximum atomic E-state index is 10.2. The standard InChI is InChI=1S/C14H21NO2/c1-9-6-12(17-3)7-10(2)14(9)13(16)8-15-11-4-5-11/h6-7,11,13,15-16H,4-5,8H2,1-3H3. The number of benzene rings is 1. The van der Waals surface area contributed by atoms with Gasteiger partial charge in [-0.1, -0.05) is 0 Å².